The van der Waals surface area contributed by atoms with Crippen molar-refractivity contribution in [2.75, 3.05) is 39.3 Å². The Kier molecular flexibility index (Phi) is 5.71. The Morgan fingerprint density at radius 1 is 1.19 bits per heavy atom. The molecule has 4 fully saturated rings. The van der Waals surface area contributed by atoms with Gasteiger partial charge >= 0.3 is 0 Å². The van der Waals surface area contributed by atoms with Crippen molar-refractivity contribution in [3.63, 3.8) is 0 Å². The van der Waals surface area contributed by atoms with Gasteiger partial charge in [0.25, 0.3) is 5.91 Å². The number of pyridine rings is 1. The van der Waals surface area contributed by atoms with Crippen molar-refractivity contribution >= 4 is 11.8 Å². The molecule has 2 amide bonds. The minimum atomic E-state index is -0.729. The highest BCUT2D eigenvalue weighted by Crippen LogP contribution is 2.40. The van der Waals surface area contributed by atoms with E-state index >= 15 is 0 Å². The fourth-order valence-electron chi connectivity index (χ4n) is 5.34. The van der Waals surface area contributed by atoms with E-state index in [1.54, 1.807) is 12.4 Å². The zero-order valence-corrected chi connectivity index (χ0v) is 18.0. The Balaban J connectivity index is 1.30. The van der Waals surface area contributed by atoms with Crippen molar-refractivity contribution in [1.29, 1.82) is 0 Å². The summed E-state index contributed by atoms with van der Waals surface area (Å²) in [5.41, 5.74) is 0.108. The summed E-state index contributed by atoms with van der Waals surface area (Å²) in [6.07, 6.45) is 8.18. The van der Waals surface area contributed by atoms with Crippen LogP contribution in [0.15, 0.2) is 24.5 Å². The van der Waals surface area contributed by atoms with Crippen LogP contribution in [0.1, 0.15) is 50.1 Å². The Hall–Kier alpha value is -2.03. The van der Waals surface area contributed by atoms with E-state index in [1.807, 2.05) is 21.9 Å². The standard InChI is InChI=1S/C23H32N4O4/c28-19-15-31-21(20(27(19)18-5-6-18)17-4-3-9-24-14-17)22(29)26-12-7-23(30,8-13-26)16-25-10-1-2-11-25/h3-4,9,14,18,20-21,30H,1-2,5-8,10-13,15-16H2/t20-,21+/m1/s1. The second-order valence-corrected chi connectivity index (χ2v) is 9.53. The lowest BCUT2D eigenvalue weighted by atomic mass is 9.89. The van der Waals surface area contributed by atoms with Crippen LogP contribution in [0.5, 0.6) is 0 Å². The van der Waals surface area contributed by atoms with E-state index in [1.165, 1.54) is 12.8 Å². The van der Waals surface area contributed by atoms with Gasteiger partial charge in [-0.1, -0.05) is 6.07 Å². The van der Waals surface area contributed by atoms with E-state index < -0.39 is 17.7 Å². The summed E-state index contributed by atoms with van der Waals surface area (Å²) in [5.74, 6) is -0.144. The highest BCUT2D eigenvalue weighted by atomic mass is 16.5. The fourth-order valence-corrected chi connectivity index (χ4v) is 5.34. The van der Waals surface area contributed by atoms with Gasteiger partial charge in [-0.15, -0.1) is 0 Å². The van der Waals surface area contributed by atoms with Gasteiger partial charge in [-0.2, -0.15) is 0 Å². The van der Waals surface area contributed by atoms with Crippen molar-refractivity contribution in [3.05, 3.63) is 30.1 Å². The molecule has 31 heavy (non-hydrogen) atoms. The number of hydrogen-bond acceptors (Lipinski definition) is 6. The van der Waals surface area contributed by atoms with Crippen molar-refractivity contribution in [2.45, 2.75) is 62.3 Å². The maximum atomic E-state index is 13.5. The van der Waals surface area contributed by atoms with Crippen LogP contribution in [0.4, 0.5) is 0 Å². The molecular weight excluding hydrogens is 396 g/mol. The van der Waals surface area contributed by atoms with Gasteiger partial charge in [0.05, 0.1) is 11.6 Å². The molecule has 1 aromatic heterocycles. The average molecular weight is 429 g/mol. The molecule has 4 aliphatic rings. The molecule has 0 bridgehead atoms. The topological polar surface area (TPSA) is 86.2 Å². The zero-order chi connectivity index (χ0) is 21.4. The van der Waals surface area contributed by atoms with Gasteiger partial charge in [0.2, 0.25) is 5.91 Å². The molecule has 1 aliphatic carbocycles. The highest BCUT2D eigenvalue weighted by molar-refractivity contribution is 5.87. The lowest BCUT2D eigenvalue weighted by Crippen LogP contribution is -2.58. The lowest BCUT2D eigenvalue weighted by Gasteiger charge is -2.45. The van der Waals surface area contributed by atoms with Crippen LogP contribution in [0.25, 0.3) is 0 Å². The smallest absolute Gasteiger partial charge is 0.254 e. The summed E-state index contributed by atoms with van der Waals surface area (Å²) in [7, 11) is 0. The molecule has 0 spiro atoms. The molecule has 1 saturated carbocycles. The number of piperidine rings is 1. The number of nitrogens with zero attached hydrogens (tertiary/aromatic N) is 4. The number of ether oxygens (including phenoxy) is 1. The normalized spacial score (nSPS) is 29.4. The van der Waals surface area contributed by atoms with Crippen molar-refractivity contribution < 1.29 is 19.4 Å². The molecular formula is C23H32N4O4. The molecule has 0 radical (unpaired) electrons. The van der Waals surface area contributed by atoms with Crippen LogP contribution in [0.3, 0.4) is 0 Å². The molecule has 1 N–H and O–H groups in total. The fraction of sp³-hybridized carbons (Fsp3) is 0.696. The minimum Gasteiger partial charge on any atom is -0.388 e. The first kappa shape index (κ1) is 20.8. The number of β-amino-alcohol motifs (C(OH)–C–C–N with tert-alkyl or cyclic N) is 1. The van der Waals surface area contributed by atoms with E-state index in [-0.39, 0.29) is 24.5 Å². The first-order valence-electron chi connectivity index (χ1n) is 11.6. The van der Waals surface area contributed by atoms with E-state index in [2.05, 4.69) is 9.88 Å². The summed E-state index contributed by atoms with van der Waals surface area (Å²) in [6.45, 7) is 3.77. The number of rotatable bonds is 5. The molecule has 1 aromatic rings. The van der Waals surface area contributed by atoms with Gasteiger partial charge in [0, 0.05) is 38.1 Å². The minimum absolute atomic E-state index is 0.0564. The van der Waals surface area contributed by atoms with Gasteiger partial charge in [-0.25, -0.2) is 0 Å². The third kappa shape index (κ3) is 4.33. The maximum Gasteiger partial charge on any atom is 0.254 e. The van der Waals surface area contributed by atoms with Crippen LogP contribution in [0.2, 0.25) is 0 Å². The molecule has 0 aromatic carbocycles. The van der Waals surface area contributed by atoms with Gasteiger partial charge in [-0.3, -0.25) is 14.6 Å². The monoisotopic (exact) mass is 428 g/mol. The van der Waals surface area contributed by atoms with Gasteiger partial charge < -0.3 is 24.5 Å². The van der Waals surface area contributed by atoms with Crippen molar-refractivity contribution in [1.82, 2.24) is 19.7 Å². The first-order chi connectivity index (χ1) is 15.0. The first-order valence-corrected chi connectivity index (χ1v) is 11.6. The molecule has 3 saturated heterocycles. The quantitative estimate of drug-likeness (QED) is 0.752. The van der Waals surface area contributed by atoms with Gasteiger partial charge in [-0.05, 0) is 63.2 Å². The number of likely N-dealkylation sites (tertiary alicyclic amines) is 2. The second-order valence-electron chi connectivity index (χ2n) is 9.53. The second kappa shape index (κ2) is 8.48. The number of amides is 2. The van der Waals surface area contributed by atoms with Gasteiger partial charge in [0.15, 0.2) is 6.10 Å². The number of aromatic nitrogens is 1. The third-order valence-electron chi connectivity index (χ3n) is 7.19. The summed E-state index contributed by atoms with van der Waals surface area (Å²) < 4.78 is 5.86. The Bertz CT molecular complexity index is 801. The zero-order valence-electron chi connectivity index (χ0n) is 18.0. The van der Waals surface area contributed by atoms with Crippen LogP contribution in [0, 0.1) is 0 Å². The van der Waals surface area contributed by atoms with E-state index in [4.69, 9.17) is 4.74 Å². The molecule has 4 heterocycles. The van der Waals surface area contributed by atoms with Crippen molar-refractivity contribution in [3.8, 4) is 0 Å². The number of carbonyl (C=O) groups excluding carboxylic acids is 2. The van der Waals surface area contributed by atoms with E-state index in [9.17, 15) is 14.7 Å². The SMILES string of the molecule is O=C([C@H]1OCC(=O)N(C2CC2)[C@@H]1c1cccnc1)N1CCC(O)(CN2CCCC2)CC1. The molecule has 0 unspecified atom stereocenters. The van der Waals surface area contributed by atoms with Crippen molar-refractivity contribution in [2.24, 2.45) is 0 Å². The number of morpholine rings is 1. The Labute approximate surface area is 183 Å². The van der Waals surface area contributed by atoms with Crippen LogP contribution < -0.4 is 0 Å². The van der Waals surface area contributed by atoms with E-state index in [0.717, 1.165) is 31.5 Å². The van der Waals surface area contributed by atoms with E-state index in [0.29, 0.717) is 32.5 Å². The van der Waals surface area contributed by atoms with Gasteiger partial charge in [0.1, 0.15) is 6.61 Å². The third-order valence-corrected chi connectivity index (χ3v) is 7.19. The summed E-state index contributed by atoms with van der Waals surface area (Å²) >= 11 is 0. The number of carbonyl (C=O) groups is 2. The summed E-state index contributed by atoms with van der Waals surface area (Å²) in [5, 5.41) is 11.1. The largest absolute Gasteiger partial charge is 0.388 e. The predicted octanol–water partition coefficient (Wildman–Crippen LogP) is 0.962. The molecule has 2 atom stereocenters. The molecule has 168 valence electrons. The van der Waals surface area contributed by atoms with Crippen LogP contribution in [-0.2, 0) is 14.3 Å². The highest BCUT2D eigenvalue weighted by Gasteiger charge is 2.49. The molecule has 8 nitrogen and oxygen atoms in total. The summed E-state index contributed by atoms with van der Waals surface area (Å²) in [6, 6.07) is 3.49. The number of hydrogen-bond donors (Lipinski definition) is 1. The predicted molar refractivity (Wildman–Crippen MR) is 113 cm³/mol. The maximum absolute atomic E-state index is 13.5. The summed E-state index contributed by atoms with van der Waals surface area (Å²) in [4.78, 5) is 36.4. The Morgan fingerprint density at radius 2 is 1.94 bits per heavy atom. The molecule has 5 rings (SSSR count). The average Bonchev–Trinajstić information content (AvgIpc) is 3.50. The molecule has 3 aliphatic heterocycles. The Morgan fingerprint density at radius 3 is 2.58 bits per heavy atom. The van der Waals surface area contributed by atoms with Crippen LogP contribution >= 0.6 is 0 Å². The van der Waals surface area contributed by atoms with Crippen LogP contribution in [-0.4, -0.2) is 93.7 Å². The lowest BCUT2D eigenvalue weighted by molar-refractivity contribution is -0.172. The number of aliphatic hydroxyl groups is 1. The molecule has 8 heteroatoms.